The van der Waals surface area contributed by atoms with E-state index >= 15 is 0 Å². The Morgan fingerprint density at radius 2 is 2.06 bits per heavy atom. The van der Waals surface area contributed by atoms with Crippen LogP contribution in [0.25, 0.3) is 0 Å². The molecule has 0 saturated carbocycles. The van der Waals surface area contributed by atoms with Crippen LogP contribution < -0.4 is 5.32 Å². The minimum atomic E-state index is -2.34. The molecule has 1 heterocycles. The van der Waals surface area contributed by atoms with Gasteiger partial charge in [0.25, 0.3) is 5.76 Å². The van der Waals surface area contributed by atoms with Crippen LogP contribution in [0.2, 0.25) is 0 Å². The summed E-state index contributed by atoms with van der Waals surface area (Å²) in [6.07, 6.45) is 2.07. The fourth-order valence-electron chi connectivity index (χ4n) is 1.22. The van der Waals surface area contributed by atoms with Crippen molar-refractivity contribution in [2.75, 3.05) is 12.8 Å². The van der Waals surface area contributed by atoms with E-state index in [-0.39, 0.29) is 5.75 Å². The van der Waals surface area contributed by atoms with Gasteiger partial charge >= 0.3 is 0 Å². The van der Waals surface area contributed by atoms with Crippen molar-refractivity contribution in [2.45, 2.75) is 30.2 Å². The van der Waals surface area contributed by atoms with Crippen molar-refractivity contribution in [1.82, 2.24) is 5.32 Å². The van der Waals surface area contributed by atoms with Crippen molar-refractivity contribution in [2.24, 2.45) is 0 Å². The summed E-state index contributed by atoms with van der Waals surface area (Å²) in [7, 11) is 0. The second kappa shape index (κ2) is 8.00. The van der Waals surface area contributed by atoms with Crippen molar-refractivity contribution in [3.05, 3.63) is 23.7 Å². The molecule has 0 spiro atoms. The summed E-state index contributed by atoms with van der Waals surface area (Å²) < 4.78 is 29.4. The molecule has 1 atom stereocenters. The van der Waals surface area contributed by atoms with Gasteiger partial charge in [-0.05, 0) is 18.4 Å². The van der Waals surface area contributed by atoms with Gasteiger partial charge in [0.1, 0.15) is 11.5 Å². The molecule has 0 aliphatic carbocycles. The first-order valence-corrected chi connectivity index (χ1v) is 7.66. The maximum Gasteiger partial charge on any atom is 0.284 e. The normalized spacial score (nSPS) is 13.2. The molecule has 17 heavy (non-hydrogen) atoms. The summed E-state index contributed by atoms with van der Waals surface area (Å²) in [6.45, 7) is 3.69. The maximum atomic E-state index is 12.0. The number of furan rings is 1. The van der Waals surface area contributed by atoms with E-state index in [1.807, 2.05) is 6.07 Å². The van der Waals surface area contributed by atoms with Crippen molar-refractivity contribution < 1.29 is 13.2 Å². The van der Waals surface area contributed by atoms with Crippen molar-refractivity contribution in [3.63, 3.8) is 0 Å². The van der Waals surface area contributed by atoms with Gasteiger partial charge in [0, 0.05) is 11.8 Å². The first kappa shape index (κ1) is 14.9. The Bertz CT molecular complexity index is 320. The topological polar surface area (TPSA) is 25.2 Å². The Morgan fingerprint density at radius 3 is 2.71 bits per heavy atom. The molecular weight excluding hydrogens is 264 g/mol. The molecule has 0 amide bonds. The van der Waals surface area contributed by atoms with Gasteiger partial charge in [-0.1, -0.05) is 18.7 Å². The summed E-state index contributed by atoms with van der Waals surface area (Å²) in [5.74, 6) is -0.726. The van der Waals surface area contributed by atoms with Crippen LogP contribution in [0.5, 0.6) is 0 Å². The van der Waals surface area contributed by atoms with E-state index in [2.05, 4.69) is 18.5 Å². The third kappa shape index (κ3) is 6.33. The lowest BCUT2D eigenvalue weighted by Crippen LogP contribution is -2.21. The van der Waals surface area contributed by atoms with Gasteiger partial charge in [-0.2, -0.15) is 20.5 Å². The molecule has 1 aromatic heterocycles. The predicted octanol–water partition coefficient (Wildman–Crippen LogP) is 3.58. The summed E-state index contributed by atoms with van der Waals surface area (Å²) in [4.78, 5) is 0. The van der Waals surface area contributed by atoms with Gasteiger partial charge in [0.05, 0.1) is 12.3 Å². The minimum absolute atomic E-state index is 0.221. The van der Waals surface area contributed by atoms with E-state index in [1.54, 1.807) is 17.8 Å². The minimum Gasteiger partial charge on any atom is -0.464 e. The zero-order chi connectivity index (χ0) is 12.7. The largest absolute Gasteiger partial charge is 0.464 e. The molecule has 0 radical (unpaired) electrons. The highest BCUT2D eigenvalue weighted by Gasteiger charge is 2.07. The molecule has 0 aromatic carbocycles. The Labute approximate surface area is 109 Å². The number of hydrogen-bond acceptors (Lipinski definition) is 4. The SMILES string of the molecule is CSC(C)CNCc1ccc(CSC(F)F)o1. The highest BCUT2D eigenvalue weighted by atomic mass is 32.2. The Hall–Kier alpha value is -0.200. The summed E-state index contributed by atoms with van der Waals surface area (Å²) in [5.41, 5.74) is 0. The van der Waals surface area contributed by atoms with E-state index in [9.17, 15) is 8.78 Å². The standard InChI is InChI=1S/C11H17F2NOS2/c1-8(16-2)5-14-6-9-3-4-10(15-9)7-17-11(12)13/h3-4,8,11,14H,5-7H2,1-2H3. The average Bonchev–Trinajstić information content (AvgIpc) is 2.74. The molecule has 1 rings (SSSR count). The molecule has 6 heteroatoms. The summed E-state index contributed by atoms with van der Waals surface area (Å²) in [5, 5.41) is 3.82. The first-order chi connectivity index (χ1) is 8.11. The molecular formula is C11H17F2NOS2. The maximum absolute atomic E-state index is 12.0. The fourth-order valence-corrected chi connectivity index (χ4v) is 1.95. The van der Waals surface area contributed by atoms with E-state index in [1.165, 1.54) is 0 Å². The van der Waals surface area contributed by atoms with E-state index < -0.39 is 5.76 Å². The zero-order valence-corrected chi connectivity index (χ0v) is 11.5. The number of thioether (sulfide) groups is 2. The smallest absolute Gasteiger partial charge is 0.284 e. The number of nitrogens with one attached hydrogen (secondary N) is 1. The first-order valence-electron chi connectivity index (χ1n) is 5.32. The van der Waals surface area contributed by atoms with Gasteiger partial charge in [-0.3, -0.25) is 0 Å². The molecule has 0 bridgehead atoms. The number of hydrogen-bond donors (Lipinski definition) is 1. The monoisotopic (exact) mass is 281 g/mol. The van der Waals surface area contributed by atoms with Crippen molar-refractivity contribution in [3.8, 4) is 0 Å². The zero-order valence-electron chi connectivity index (χ0n) is 9.91. The van der Waals surface area contributed by atoms with Gasteiger partial charge in [0.15, 0.2) is 0 Å². The lowest BCUT2D eigenvalue weighted by Gasteiger charge is -2.08. The van der Waals surface area contributed by atoms with Crippen LogP contribution in [0.1, 0.15) is 18.4 Å². The quantitative estimate of drug-likeness (QED) is 0.787. The second-order valence-corrected chi connectivity index (χ2v) is 5.87. The molecule has 2 nitrogen and oxygen atoms in total. The Kier molecular flexibility index (Phi) is 6.99. The lowest BCUT2D eigenvalue weighted by atomic mass is 10.4. The lowest BCUT2D eigenvalue weighted by molar-refractivity contribution is 0.251. The van der Waals surface area contributed by atoms with Crippen LogP contribution in [0, 0.1) is 0 Å². The molecule has 0 aliphatic heterocycles. The summed E-state index contributed by atoms with van der Waals surface area (Å²) in [6, 6.07) is 3.59. The van der Waals surface area contributed by atoms with Crippen LogP contribution in [-0.4, -0.2) is 23.8 Å². The number of rotatable bonds is 8. The Balaban J connectivity index is 2.25. The number of alkyl halides is 2. The van der Waals surface area contributed by atoms with Crippen LogP contribution in [-0.2, 0) is 12.3 Å². The Morgan fingerprint density at radius 1 is 1.35 bits per heavy atom. The molecule has 1 unspecified atom stereocenters. The van der Waals surface area contributed by atoms with Crippen LogP contribution in [0.4, 0.5) is 8.78 Å². The van der Waals surface area contributed by atoms with Gasteiger partial charge < -0.3 is 9.73 Å². The molecule has 1 N–H and O–H groups in total. The highest BCUT2D eigenvalue weighted by molar-refractivity contribution is 7.99. The fraction of sp³-hybridized carbons (Fsp3) is 0.636. The van der Waals surface area contributed by atoms with Crippen LogP contribution in [0.3, 0.4) is 0 Å². The van der Waals surface area contributed by atoms with Gasteiger partial charge in [0.2, 0.25) is 0 Å². The van der Waals surface area contributed by atoms with Crippen LogP contribution >= 0.6 is 23.5 Å². The van der Waals surface area contributed by atoms with Gasteiger partial charge in [-0.15, -0.1) is 0 Å². The number of halogens is 2. The molecule has 0 saturated heterocycles. The molecule has 0 aliphatic rings. The predicted molar refractivity (Wildman–Crippen MR) is 70.7 cm³/mol. The molecule has 1 aromatic rings. The third-order valence-electron chi connectivity index (χ3n) is 2.20. The third-order valence-corrected chi connectivity index (χ3v) is 3.88. The van der Waals surface area contributed by atoms with Crippen LogP contribution in [0.15, 0.2) is 16.5 Å². The average molecular weight is 281 g/mol. The summed E-state index contributed by atoms with van der Waals surface area (Å²) >= 11 is 2.38. The highest BCUT2D eigenvalue weighted by Crippen LogP contribution is 2.21. The van der Waals surface area contributed by atoms with E-state index in [0.29, 0.717) is 29.3 Å². The van der Waals surface area contributed by atoms with Gasteiger partial charge in [-0.25, -0.2) is 0 Å². The molecule has 0 fully saturated rings. The van der Waals surface area contributed by atoms with E-state index in [4.69, 9.17) is 4.42 Å². The molecule has 98 valence electrons. The second-order valence-electron chi connectivity index (χ2n) is 3.62. The van der Waals surface area contributed by atoms with E-state index in [0.717, 1.165) is 12.3 Å². The van der Waals surface area contributed by atoms with Crippen molar-refractivity contribution in [1.29, 1.82) is 0 Å². The van der Waals surface area contributed by atoms with Crippen molar-refractivity contribution >= 4 is 23.5 Å².